The predicted octanol–water partition coefficient (Wildman–Crippen LogP) is 1.86. The molecule has 0 saturated carbocycles. The summed E-state index contributed by atoms with van der Waals surface area (Å²) in [5, 5.41) is 0.519. The zero-order valence-electron chi connectivity index (χ0n) is 14.8. The molecular weight excluding hydrogens is 344 g/mol. The molecule has 1 aromatic carbocycles. The number of carbonyl (C=O) groups is 1. The summed E-state index contributed by atoms with van der Waals surface area (Å²) in [7, 11) is 0. The van der Waals surface area contributed by atoms with E-state index in [9.17, 15) is 9.59 Å². The van der Waals surface area contributed by atoms with Crippen molar-refractivity contribution in [3.8, 4) is 5.75 Å². The minimum Gasteiger partial charge on any atom is -0.488 e. The Labute approximate surface area is 156 Å². The number of pyridine rings is 1. The van der Waals surface area contributed by atoms with Crippen LogP contribution in [0.4, 0.5) is 0 Å². The van der Waals surface area contributed by atoms with Crippen molar-refractivity contribution < 1.29 is 9.53 Å². The summed E-state index contributed by atoms with van der Waals surface area (Å²) >= 11 is 0. The van der Waals surface area contributed by atoms with E-state index in [-0.39, 0.29) is 24.1 Å². The van der Waals surface area contributed by atoms with Gasteiger partial charge in [-0.15, -0.1) is 0 Å². The number of ether oxygens (including phenoxy) is 1. The molecule has 1 fully saturated rings. The highest BCUT2D eigenvalue weighted by molar-refractivity contribution is 5.79. The molecule has 1 saturated heterocycles. The second kappa shape index (κ2) is 7.57. The van der Waals surface area contributed by atoms with Crippen LogP contribution in [0.15, 0.2) is 59.9 Å². The summed E-state index contributed by atoms with van der Waals surface area (Å²) in [6.07, 6.45) is 6.50. The molecule has 3 aromatic rings. The molecule has 0 radical (unpaired) electrons. The highest BCUT2D eigenvalue weighted by Crippen LogP contribution is 2.18. The van der Waals surface area contributed by atoms with Gasteiger partial charge in [-0.1, -0.05) is 12.1 Å². The fraction of sp³-hybridized carbons (Fsp3) is 0.300. The smallest absolute Gasteiger partial charge is 0.261 e. The number of fused-ring (bicyclic) bond motifs is 1. The van der Waals surface area contributed by atoms with Crippen molar-refractivity contribution >= 4 is 16.8 Å². The molecule has 0 N–H and O–H groups in total. The Morgan fingerprint density at radius 1 is 1.19 bits per heavy atom. The lowest BCUT2D eigenvalue weighted by atomic mass is 10.1. The molecule has 0 bridgehead atoms. The molecule has 1 unspecified atom stereocenters. The van der Waals surface area contributed by atoms with Gasteiger partial charge in [-0.2, -0.15) is 0 Å². The minimum atomic E-state index is -0.199. The first-order valence-corrected chi connectivity index (χ1v) is 8.99. The SMILES string of the molecule is O=C(Cn1cnc2ccccc2c1=O)N1CCCC(Oc2ccncc2)C1. The normalized spacial score (nSPS) is 17.0. The van der Waals surface area contributed by atoms with Gasteiger partial charge < -0.3 is 9.64 Å². The van der Waals surface area contributed by atoms with E-state index in [4.69, 9.17) is 4.74 Å². The Kier molecular flexibility index (Phi) is 4.82. The number of benzene rings is 1. The van der Waals surface area contributed by atoms with Gasteiger partial charge in [0.1, 0.15) is 18.4 Å². The molecule has 2 aromatic heterocycles. The fourth-order valence-electron chi connectivity index (χ4n) is 3.33. The lowest BCUT2D eigenvalue weighted by Gasteiger charge is -2.33. The molecule has 0 aliphatic carbocycles. The predicted molar refractivity (Wildman–Crippen MR) is 100 cm³/mol. The number of likely N-dealkylation sites (tertiary alicyclic amines) is 1. The second-order valence-electron chi connectivity index (χ2n) is 6.60. The topological polar surface area (TPSA) is 77.3 Å². The van der Waals surface area contributed by atoms with E-state index in [1.807, 2.05) is 6.07 Å². The maximum atomic E-state index is 12.7. The van der Waals surface area contributed by atoms with Crippen LogP contribution < -0.4 is 10.3 Å². The van der Waals surface area contributed by atoms with Crippen LogP contribution in [0.2, 0.25) is 0 Å². The summed E-state index contributed by atoms with van der Waals surface area (Å²) in [5.41, 5.74) is 0.436. The van der Waals surface area contributed by atoms with Crippen molar-refractivity contribution in [3.63, 3.8) is 0 Å². The van der Waals surface area contributed by atoms with Gasteiger partial charge in [0.05, 0.1) is 23.8 Å². The molecule has 1 aliphatic rings. The average Bonchev–Trinajstić information content (AvgIpc) is 2.71. The van der Waals surface area contributed by atoms with E-state index in [1.165, 1.54) is 10.9 Å². The van der Waals surface area contributed by atoms with Crippen LogP contribution in [0, 0.1) is 0 Å². The van der Waals surface area contributed by atoms with Crippen molar-refractivity contribution in [2.75, 3.05) is 13.1 Å². The Morgan fingerprint density at radius 3 is 2.85 bits per heavy atom. The molecule has 7 nitrogen and oxygen atoms in total. The molecule has 1 atom stereocenters. The third kappa shape index (κ3) is 3.81. The Balaban J connectivity index is 1.45. The number of piperidine rings is 1. The number of rotatable bonds is 4. The summed E-state index contributed by atoms with van der Waals surface area (Å²) in [6, 6.07) is 10.8. The highest BCUT2D eigenvalue weighted by atomic mass is 16.5. The van der Waals surface area contributed by atoms with Gasteiger partial charge in [-0.05, 0) is 37.1 Å². The van der Waals surface area contributed by atoms with Crippen molar-refractivity contribution in [2.24, 2.45) is 0 Å². The van der Waals surface area contributed by atoms with E-state index in [2.05, 4.69) is 9.97 Å². The lowest BCUT2D eigenvalue weighted by molar-refractivity contribution is -0.134. The van der Waals surface area contributed by atoms with E-state index in [0.29, 0.717) is 24.0 Å². The van der Waals surface area contributed by atoms with Crippen molar-refractivity contribution in [3.05, 3.63) is 65.5 Å². The summed E-state index contributed by atoms with van der Waals surface area (Å²) in [4.78, 5) is 35.3. The standard InChI is InChI=1S/C20H20N4O3/c25-19(13-24-14-22-18-6-2-1-5-17(18)20(24)26)23-11-3-4-16(12-23)27-15-7-9-21-10-8-15/h1-2,5-10,14,16H,3-4,11-13H2. The zero-order chi connectivity index (χ0) is 18.6. The Bertz CT molecular complexity index is 1000. The van der Waals surface area contributed by atoms with Crippen molar-refractivity contribution in [1.29, 1.82) is 0 Å². The van der Waals surface area contributed by atoms with Crippen LogP contribution in [0.3, 0.4) is 0 Å². The Morgan fingerprint density at radius 2 is 2.00 bits per heavy atom. The molecule has 4 rings (SSSR count). The van der Waals surface area contributed by atoms with Crippen LogP contribution in [0.1, 0.15) is 12.8 Å². The molecule has 27 heavy (non-hydrogen) atoms. The van der Waals surface area contributed by atoms with E-state index in [1.54, 1.807) is 47.6 Å². The lowest BCUT2D eigenvalue weighted by Crippen LogP contribution is -2.46. The van der Waals surface area contributed by atoms with Gasteiger partial charge in [-0.3, -0.25) is 19.1 Å². The number of carbonyl (C=O) groups excluding carboxylic acids is 1. The summed E-state index contributed by atoms with van der Waals surface area (Å²) in [5.74, 6) is 0.649. The van der Waals surface area contributed by atoms with Crippen LogP contribution in [-0.4, -0.2) is 44.5 Å². The number of hydrogen-bond acceptors (Lipinski definition) is 5. The van der Waals surface area contributed by atoms with Gasteiger partial charge in [0.15, 0.2) is 0 Å². The number of nitrogens with zero attached hydrogens (tertiary/aromatic N) is 4. The monoisotopic (exact) mass is 364 g/mol. The number of para-hydroxylation sites is 1. The minimum absolute atomic E-state index is 0.0152. The van der Waals surface area contributed by atoms with Crippen LogP contribution in [0.25, 0.3) is 10.9 Å². The third-order valence-corrected chi connectivity index (χ3v) is 4.72. The molecule has 7 heteroatoms. The van der Waals surface area contributed by atoms with Crippen LogP contribution >= 0.6 is 0 Å². The molecule has 1 amide bonds. The van der Waals surface area contributed by atoms with Gasteiger partial charge >= 0.3 is 0 Å². The maximum absolute atomic E-state index is 12.7. The molecule has 0 spiro atoms. The first kappa shape index (κ1) is 17.2. The third-order valence-electron chi connectivity index (χ3n) is 4.72. The van der Waals surface area contributed by atoms with E-state index in [0.717, 1.165) is 18.6 Å². The van der Waals surface area contributed by atoms with Crippen LogP contribution in [-0.2, 0) is 11.3 Å². The van der Waals surface area contributed by atoms with Gasteiger partial charge in [0.25, 0.3) is 5.56 Å². The first-order valence-electron chi connectivity index (χ1n) is 8.99. The summed E-state index contributed by atoms with van der Waals surface area (Å²) < 4.78 is 7.33. The van der Waals surface area contributed by atoms with E-state index < -0.39 is 0 Å². The molecular formula is C20H20N4O3. The quantitative estimate of drug-likeness (QED) is 0.706. The zero-order valence-corrected chi connectivity index (χ0v) is 14.8. The largest absolute Gasteiger partial charge is 0.488 e. The first-order chi connectivity index (χ1) is 13.2. The maximum Gasteiger partial charge on any atom is 0.261 e. The van der Waals surface area contributed by atoms with Gasteiger partial charge in [0, 0.05) is 18.9 Å². The Hall–Kier alpha value is -3.22. The van der Waals surface area contributed by atoms with Gasteiger partial charge in [0.2, 0.25) is 5.91 Å². The number of amides is 1. The van der Waals surface area contributed by atoms with E-state index >= 15 is 0 Å². The summed E-state index contributed by atoms with van der Waals surface area (Å²) in [6.45, 7) is 1.17. The second-order valence-corrected chi connectivity index (χ2v) is 6.60. The molecule has 138 valence electrons. The molecule has 3 heterocycles. The highest BCUT2D eigenvalue weighted by Gasteiger charge is 2.25. The average molecular weight is 364 g/mol. The number of aromatic nitrogens is 3. The van der Waals surface area contributed by atoms with Gasteiger partial charge in [-0.25, -0.2) is 4.98 Å². The number of hydrogen-bond donors (Lipinski definition) is 0. The van der Waals surface area contributed by atoms with Crippen molar-refractivity contribution in [2.45, 2.75) is 25.5 Å². The molecule has 1 aliphatic heterocycles. The van der Waals surface area contributed by atoms with Crippen LogP contribution in [0.5, 0.6) is 5.75 Å². The fourth-order valence-corrected chi connectivity index (χ4v) is 3.33. The van der Waals surface area contributed by atoms with Crippen molar-refractivity contribution in [1.82, 2.24) is 19.4 Å².